The topological polar surface area (TPSA) is 114 Å². The standard InChI is InChI=1S/C18H15ClN6O3/c1-26-13-8-7-12(9-14(13)27-2)25-16(20)15(22-24-25)18-21-17(23-28-18)10-3-5-11(19)6-4-10/h3-9H,20H2,1-2H3. The van der Waals surface area contributed by atoms with E-state index in [0.29, 0.717) is 28.0 Å². The van der Waals surface area contributed by atoms with Crippen LogP contribution in [0.15, 0.2) is 47.0 Å². The van der Waals surface area contributed by atoms with Crippen molar-refractivity contribution in [3.63, 3.8) is 0 Å². The molecule has 0 saturated heterocycles. The van der Waals surface area contributed by atoms with Crippen molar-refractivity contribution in [3.8, 4) is 40.2 Å². The molecule has 28 heavy (non-hydrogen) atoms. The van der Waals surface area contributed by atoms with Crippen molar-refractivity contribution in [2.24, 2.45) is 0 Å². The largest absolute Gasteiger partial charge is 0.493 e. The second-order valence-corrected chi connectivity index (χ2v) is 6.14. The summed E-state index contributed by atoms with van der Waals surface area (Å²) in [6, 6.07) is 12.3. The molecule has 2 N–H and O–H groups in total. The molecule has 9 nitrogen and oxygen atoms in total. The molecule has 0 unspecified atom stereocenters. The number of nitrogens with two attached hydrogens (primary N) is 1. The molecule has 0 radical (unpaired) electrons. The van der Waals surface area contributed by atoms with Crippen molar-refractivity contribution in [1.29, 1.82) is 0 Å². The third-order valence-corrected chi connectivity index (χ3v) is 4.30. The first-order valence-corrected chi connectivity index (χ1v) is 8.52. The Labute approximate surface area is 164 Å². The number of anilines is 1. The van der Waals surface area contributed by atoms with Crippen molar-refractivity contribution in [2.45, 2.75) is 0 Å². The van der Waals surface area contributed by atoms with Crippen LogP contribution in [0.3, 0.4) is 0 Å². The fourth-order valence-electron chi connectivity index (χ4n) is 2.62. The maximum Gasteiger partial charge on any atom is 0.282 e. The molecule has 4 aromatic rings. The molecule has 0 aliphatic rings. The molecule has 0 saturated carbocycles. The third-order valence-electron chi connectivity index (χ3n) is 4.05. The van der Waals surface area contributed by atoms with E-state index >= 15 is 0 Å². The summed E-state index contributed by atoms with van der Waals surface area (Å²) >= 11 is 5.90. The monoisotopic (exact) mass is 398 g/mol. The highest BCUT2D eigenvalue weighted by atomic mass is 35.5. The first kappa shape index (κ1) is 17.8. The molecule has 142 valence electrons. The molecule has 0 bridgehead atoms. The number of nitrogens with zero attached hydrogens (tertiary/aromatic N) is 5. The molecule has 4 rings (SSSR count). The molecular weight excluding hydrogens is 384 g/mol. The van der Waals surface area contributed by atoms with Crippen LogP contribution in [0.25, 0.3) is 28.7 Å². The number of hydrogen-bond donors (Lipinski definition) is 1. The summed E-state index contributed by atoms with van der Waals surface area (Å²) < 4.78 is 17.3. The Hall–Kier alpha value is -3.59. The minimum absolute atomic E-state index is 0.161. The van der Waals surface area contributed by atoms with Crippen molar-refractivity contribution in [3.05, 3.63) is 47.5 Å². The zero-order valence-corrected chi connectivity index (χ0v) is 15.7. The van der Waals surface area contributed by atoms with Gasteiger partial charge in [0.05, 0.1) is 19.9 Å². The molecule has 10 heteroatoms. The van der Waals surface area contributed by atoms with E-state index in [-0.39, 0.29) is 17.4 Å². The van der Waals surface area contributed by atoms with Gasteiger partial charge in [0, 0.05) is 16.7 Å². The van der Waals surface area contributed by atoms with E-state index < -0.39 is 0 Å². The van der Waals surface area contributed by atoms with Crippen molar-refractivity contribution < 1.29 is 14.0 Å². The lowest BCUT2D eigenvalue weighted by molar-refractivity contribution is 0.354. The molecule has 0 spiro atoms. The number of nitrogen functional groups attached to an aromatic ring is 1. The summed E-state index contributed by atoms with van der Waals surface area (Å²) in [5.41, 5.74) is 7.90. The Morgan fingerprint density at radius 1 is 1.04 bits per heavy atom. The number of halogens is 1. The van der Waals surface area contributed by atoms with Crippen molar-refractivity contribution in [1.82, 2.24) is 25.1 Å². The van der Waals surface area contributed by atoms with E-state index in [1.807, 2.05) is 0 Å². The summed E-state index contributed by atoms with van der Waals surface area (Å²) in [5, 5.41) is 12.8. The van der Waals surface area contributed by atoms with Gasteiger partial charge < -0.3 is 19.7 Å². The summed E-state index contributed by atoms with van der Waals surface area (Å²) in [6.45, 7) is 0. The van der Waals surface area contributed by atoms with Gasteiger partial charge in [0.15, 0.2) is 23.0 Å². The minimum Gasteiger partial charge on any atom is -0.493 e. The molecule has 0 aliphatic carbocycles. The highest BCUT2D eigenvalue weighted by Crippen LogP contribution is 2.31. The Bertz CT molecular complexity index is 1120. The van der Waals surface area contributed by atoms with Gasteiger partial charge in [-0.25, -0.2) is 0 Å². The lowest BCUT2D eigenvalue weighted by Crippen LogP contribution is -2.03. The zero-order chi connectivity index (χ0) is 19.7. The van der Waals surface area contributed by atoms with E-state index in [2.05, 4.69) is 20.5 Å². The first-order valence-electron chi connectivity index (χ1n) is 8.14. The quantitative estimate of drug-likeness (QED) is 0.545. The number of aromatic nitrogens is 5. The summed E-state index contributed by atoms with van der Waals surface area (Å²) in [6.07, 6.45) is 0. The second-order valence-electron chi connectivity index (χ2n) is 5.70. The Morgan fingerprint density at radius 3 is 2.50 bits per heavy atom. The van der Waals surface area contributed by atoms with Gasteiger partial charge in [0.25, 0.3) is 5.89 Å². The molecule has 2 aromatic heterocycles. The molecule has 0 fully saturated rings. The molecule has 0 amide bonds. The molecule has 0 atom stereocenters. The fourth-order valence-corrected chi connectivity index (χ4v) is 2.75. The van der Waals surface area contributed by atoms with Gasteiger partial charge in [-0.2, -0.15) is 9.67 Å². The van der Waals surface area contributed by atoms with Crippen LogP contribution in [0.1, 0.15) is 0 Å². The van der Waals surface area contributed by atoms with Gasteiger partial charge in [-0.3, -0.25) is 0 Å². The smallest absolute Gasteiger partial charge is 0.282 e. The third kappa shape index (κ3) is 3.12. The Morgan fingerprint density at radius 2 is 1.79 bits per heavy atom. The predicted octanol–water partition coefficient (Wildman–Crippen LogP) is 3.24. The summed E-state index contributed by atoms with van der Waals surface area (Å²) in [4.78, 5) is 4.35. The second kappa shape index (κ2) is 7.20. The van der Waals surface area contributed by atoms with Crippen molar-refractivity contribution >= 4 is 17.4 Å². The van der Waals surface area contributed by atoms with Crippen molar-refractivity contribution in [2.75, 3.05) is 20.0 Å². The Balaban J connectivity index is 1.69. The van der Waals surface area contributed by atoms with Crippen LogP contribution in [0.2, 0.25) is 5.02 Å². The van der Waals surface area contributed by atoms with Crippen LogP contribution < -0.4 is 15.2 Å². The molecule has 0 aliphatic heterocycles. The first-order chi connectivity index (χ1) is 13.6. The number of hydrogen-bond acceptors (Lipinski definition) is 8. The highest BCUT2D eigenvalue weighted by molar-refractivity contribution is 6.30. The van der Waals surface area contributed by atoms with Gasteiger partial charge in [-0.1, -0.05) is 22.0 Å². The van der Waals surface area contributed by atoms with E-state index in [0.717, 1.165) is 5.56 Å². The average molecular weight is 399 g/mol. The van der Waals surface area contributed by atoms with Gasteiger partial charge >= 0.3 is 0 Å². The van der Waals surface area contributed by atoms with E-state index in [1.165, 1.54) is 4.68 Å². The van der Waals surface area contributed by atoms with Crippen LogP contribution in [0.5, 0.6) is 11.5 Å². The highest BCUT2D eigenvalue weighted by Gasteiger charge is 2.20. The van der Waals surface area contributed by atoms with Crippen LogP contribution in [-0.2, 0) is 0 Å². The SMILES string of the molecule is COc1ccc(-n2nnc(-c3nc(-c4ccc(Cl)cc4)no3)c2N)cc1OC. The van der Waals surface area contributed by atoms with Crippen LogP contribution in [-0.4, -0.2) is 39.4 Å². The number of methoxy groups -OCH3 is 2. The molecular formula is C18H15ClN6O3. The lowest BCUT2D eigenvalue weighted by atomic mass is 10.2. The molecule has 2 aromatic carbocycles. The predicted molar refractivity (Wildman–Crippen MR) is 103 cm³/mol. The van der Waals surface area contributed by atoms with Crippen LogP contribution in [0, 0.1) is 0 Å². The van der Waals surface area contributed by atoms with Gasteiger partial charge in [-0.15, -0.1) is 5.10 Å². The van der Waals surface area contributed by atoms with E-state index in [4.69, 9.17) is 31.3 Å². The zero-order valence-electron chi connectivity index (χ0n) is 15.0. The maximum absolute atomic E-state index is 6.22. The maximum atomic E-state index is 6.22. The minimum atomic E-state index is 0.161. The normalized spacial score (nSPS) is 10.8. The van der Waals surface area contributed by atoms with E-state index in [1.54, 1.807) is 56.7 Å². The van der Waals surface area contributed by atoms with Gasteiger partial charge in [-0.05, 0) is 36.4 Å². The summed E-state index contributed by atoms with van der Waals surface area (Å²) in [7, 11) is 3.11. The lowest BCUT2D eigenvalue weighted by Gasteiger charge is -2.09. The van der Waals surface area contributed by atoms with Crippen LogP contribution >= 0.6 is 11.6 Å². The average Bonchev–Trinajstić information content (AvgIpc) is 3.35. The Kier molecular flexibility index (Phi) is 4.58. The number of ether oxygens (including phenoxy) is 2. The van der Waals surface area contributed by atoms with Crippen LogP contribution in [0.4, 0.5) is 5.82 Å². The summed E-state index contributed by atoms with van der Waals surface area (Å²) in [5.74, 6) is 1.94. The van der Waals surface area contributed by atoms with Gasteiger partial charge in [0.1, 0.15) is 0 Å². The fraction of sp³-hybridized carbons (Fsp3) is 0.111. The van der Waals surface area contributed by atoms with E-state index in [9.17, 15) is 0 Å². The molecule has 2 heterocycles. The number of benzene rings is 2. The van der Waals surface area contributed by atoms with Gasteiger partial charge in [0.2, 0.25) is 5.82 Å². The number of rotatable bonds is 5.